The highest BCUT2D eigenvalue weighted by Crippen LogP contribution is 2.22. The van der Waals surface area contributed by atoms with Crippen LogP contribution in [0.2, 0.25) is 0 Å². The molecule has 0 spiro atoms. The molecule has 0 aliphatic heterocycles. The van der Waals surface area contributed by atoms with Crippen LogP contribution in [0.15, 0.2) is 24.3 Å². The van der Waals surface area contributed by atoms with Crippen molar-refractivity contribution < 1.29 is 10.0 Å². The lowest BCUT2D eigenvalue weighted by molar-refractivity contribution is -0.384. The van der Waals surface area contributed by atoms with E-state index in [9.17, 15) is 10.1 Å². The molecular formula is C11H11N3O3. The van der Waals surface area contributed by atoms with Crippen LogP contribution in [0, 0.1) is 10.1 Å². The van der Waals surface area contributed by atoms with Crippen molar-refractivity contribution in [3.63, 3.8) is 0 Å². The van der Waals surface area contributed by atoms with E-state index in [-0.39, 0.29) is 12.3 Å². The fourth-order valence-electron chi connectivity index (χ4n) is 1.53. The van der Waals surface area contributed by atoms with Crippen LogP contribution < -0.4 is 0 Å². The van der Waals surface area contributed by atoms with E-state index < -0.39 is 4.92 Å². The number of hydrogen-bond acceptors (Lipinski definition) is 4. The highest BCUT2D eigenvalue weighted by Gasteiger charge is 2.09. The maximum Gasteiger partial charge on any atom is 0.270 e. The van der Waals surface area contributed by atoms with Gasteiger partial charge in [0.05, 0.1) is 16.1 Å². The zero-order valence-corrected chi connectivity index (χ0v) is 8.96. The van der Waals surface area contributed by atoms with Crippen LogP contribution in [-0.2, 0) is 0 Å². The molecule has 0 fully saturated rings. The maximum absolute atomic E-state index is 10.7. The van der Waals surface area contributed by atoms with Crippen molar-refractivity contribution in [1.82, 2.24) is 10.2 Å². The number of nitro groups is 1. The first-order chi connectivity index (χ1) is 8.22. The van der Waals surface area contributed by atoms with Gasteiger partial charge in [-0.25, -0.2) is 0 Å². The first kappa shape index (κ1) is 11.3. The van der Waals surface area contributed by atoms with Gasteiger partial charge in [0.1, 0.15) is 0 Å². The number of aromatic nitrogens is 2. The third-order valence-corrected chi connectivity index (χ3v) is 2.36. The Morgan fingerprint density at radius 3 is 3.06 bits per heavy atom. The lowest BCUT2D eigenvalue weighted by Gasteiger charge is -1.92. The number of rotatable bonds is 4. The Kier molecular flexibility index (Phi) is 3.15. The van der Waals surface area contributed by atoms with Gasteiger partial charge in [-0.05, 0) is 18.6 Å². The molecule has 17 heavy (non-hydrogen) atoms. The summed E-state index contributed by atoms with van der Waals surface area (Å²) in [6.07, 6.45) is 4.08. The molecule has 1 heterocycles. The molecule has 0 aliphatic rings. The second kappa shape index (κ2) is 4.75. The number of nitrogens with zero attached hydrogens (tertiary/aromatic N) is 2. The molecule has 88 valence electrons. The number of aliphatic hydroxyl groups is 1. The quantitative estimate of drug-likeness (QED) is 0.622. The lowest BCUT2D eigenvalue weighted by Crippen LogP contribution is -1.86. The third kappa shape index (κ3) is 2.31. The Labute approximate surface area is 96.7 Å². The lowest BCUT2D eigenvalue weighted by atomic mass is 10.2. The number of H-pyrrole nitrogens is 1. The fraction of sp³-hybridized carbons (Fsp3) is 0.182. The summed E-state index contributed by atoms with van der Waals surface area (Å²) in [5.74, 6) is 0. The molecule has 2 rings (SSSR count). The van der Waals surface area contributed by atoms with Gasteiger partial charge in [0.25, 0.3) is 5.69 Å². The zero-order valence-electron chi connectivity index (χ0n) is 8.96. The van der Waals surface area contributed by atoms with E-state index in [4.69, 9.17) is 5.11 Å². The predicted octanol–water partition coefficient (Wildman–Crippen LogP) is 1.87. The molecular weight excluding hydrogens is 222 g/mol. The third-order valence-electron chi connectivity index (χ3n) is 2.36. The number of aromatic amines is 1. The molecule has 6 heteroatoms. The molecule has 6 nitrogen and oxygen atoms in total. The van der Waals surface area contributed by atoms with E-state index in [0.717, 1.165) is 0 Å². The zero-order chi connectivity index (χ0) is 12.3. The predicted molar refractivity (Wildman–Crippen MR) is 63.5 cm³/mol. The largest absolute Gasteiger partial charge is 0.396 e. The van der Waals surface area contributed by atoms with E-state index in [1.807, 2.05) is 0 Å². The van der Waals surface area contributed by atoms with Gasteiger partial charge < -0.3 is 5.11 Å². The summed E-state index contributed by atoms with van der Waals surface area (Å²) in [4.78, 5) is 10.2. The summed E-state index contributed by atoms with van der Waals surface area (Å²) < 4.78 is 0. The molecule has 2 aromatic rings. The SMILES string of the molecule is O=[N+]([O-])c1ccc2n[nH]c(C=CCCO)c2c1. The van der Waals surface area contributed by atoms with Crippen LogP contribution in [0.25, 0.3) is 17.0 Å². The molecule has 0 saturated heterocycles. The summed E-state index contributed by atoms with van der Waals surface area (Å²) in [5.41, 5.74) is 1.42. The topological polar surface area (TPSA) is 92.0 Å². The summed E-state index contributed by atoms with van der Waals surface area (Å²) >= 11 is 0. The van der Waals surface area contributed by atoms with Crippen LogP contribution in [-0.4, -0.2) is 26.8 Å². The Morgan fingerprint density at radius 1 is 1.53 bits per heavy atom. The molecule has 0 radical (unpaired) electrons. The highest BCUT2D eigenvalue weighted by atomic mass is 16.6. The summed E-state index contributed by atoms with van der Waals surface area (Å²) in [7, 11) is 0. The van der Waals surface area contributed by atoms with Crippen LogP contribution >= 0.6 is 0 Å². The number of benzene rings is 1. The molecule has 1 aromatic carbocycles. The van der Waals surface area contributed by atoms with Crippen molar-refractivity contribution in [2.24, 2.45) is 0 Å². The van der Waals surface area contributed by atoms with E-state index in [2.05, 4.69) is 10.2 Å². The summed E-state index contributed by atoms with van der Waals surface area (Å²) in [6, 6.07) is 4.51. The van der Waals surface area contributed by atoms with Gasteiger partial charge >= 0.3 is 0 Å². The van der Waals surface area contributed by atoms with Crippen LogP contribution in [0.1, 0.15) is 12.1 Å². The Morgan fingerprint density at radius 2 is 2.35 bits per heavy atom. The molecule has 0 amide bonds. The van der Waals surface area contributed by atoms with Crippen molar-refractivity contribution >= 4 is 22.7 Å². The Bertz CT molecular complexity index is 574. The number of hydrogen-bond donors (Lipinski definition) is 2. The number of aliphatic hydroxyl groups excluding tert-OH is 1. The molecule has 2 N–H and O–H groups in total. The molecule has 0 bridgehead atoms. The van der Waals surface area contributed by atoms with Gasteiger partial charge in [-0.2, -0.15) is 5.10 Å². The second-order valence-corrected chi connectivity index (χ2v) is 3.51. The van der Waals surface area contributed by atoms with Gasteiger partial charge in [0.15, 0.2) is 0 Å². The minimum absolute atomic E-state index is 0.0377. The van der Waals surface area contributed by atoms with Crippen LogP contribution in [0.4, 0.5) is 5.69 Å². The molecule has 0 unspecified atom stereocenters. The Balaban J connectivity index is 2.43. The standard InChI is InChI=1S/C11H11N3O3/c15-6-2-1-3-10-9-7-8(14(16)17)4-5-11(9)13-12-10/h1,3-5,7,15H,2,6H2,(H,12,13). The number of nitro benzene ring substituents is 1. The van der Waals surface area contributed by atoms with Crippen molar-refractivity contribution in [2.45, 2.75) is 6.42 Å². The monoisotopic (exact) mass is 233 g/mol. The van der Waals surface area contributed by atoms with Crippen molar-refractivity contribution in [1.29, 1.82) is 0 Å². The van der Waals surface area contributed by atoms with Gasteiger partial charge in [-0.15, -0.1) is 0 Å². The van der Waals surface area contributed by atoms with Gasteiger partial charge in [0.2, 0.25) is 0 Å². The second-order valence-electron chi connectivity index (χ2n) is 3.51. The van der Waals surface area contributed by atoms with Crippen LogP contribution in [0.3, 0.4) is 0 Å². The van der Waals surface area contributed by atoms with Gasteiger partial charge in [-0.3, -0.25) is 15.2 Å². The summed E-state index contributed by atoms with van der Waals surface area (Å²) in [6.45, 7) is 0.0721. The molecule has 1 aromatic heterocycles. The first-order valence-electron chi connectivity index (χ1n) is 5.12. The number of fused-ring (bicyclic) bond motifs is 1. The number of non-ortho nitro benzene ring substituents is 1. The average molecular weight is 233 g/mol. The maximum atomic E-state index is 10.7. The minimum atomic E-state index is -0.437. The van der Waals surface area contributed by atoms with Crippen LogP contribution in [0.5, 0.6) is 0 Å². The van der Waals surface area contributed by atoms with E-state index in [1.54, 1.807) is 18.2 Å². The highest BCUT2D eigenvalue weighted by molar-refractivity contribution is 5.88. The minimum Gasteiger partial charge on any atom is -0.396 e. The van der Waals surface area contributed by atoms with Crippen molar-refractivity contribution in [2.75, 3.05) is 6.61 Å². The van der Waals surface area contributed by atoms with E-state index in [0.29, 0.717) is 23.0 Å². The first-order valence-corrected chi connectivity index (χ1v) is 5.12. The molecule has 0 aliphatic carbocycles. The fourth-order valence-corrected chi connectivity index (χ4v) is 1.53. The van der Waals surface area contributed by atoms with Crippen molar-refractivity contribution in [3.8, 4) is 0 Å². The van der Waals surface area contributed by atoms with E-state index in [1.165, 1.54) is 12.1 Å². The number of nitrogens with one attached hydrogen (secondary N) is 1. The van der Waals surface area contributed by atoms with Crippen molar-refractivity contribution in [3.05, 3.63) is 40.1 Å². The molecule has 0 atom stereocenters. The smallest absolute Gasteiger partial charge is 0.270 e. The van der Waals surface area contributed by atoms with Gasteiger partial charge in [-0.1, -0.05) is 6.08 Å². The normalized spacial score (nSPS) is 11.4. The average Bonchev–Trinajstić information content (AvgIpc) is 2.72. The summed E-state index contributed by atoms with van der Waals surface area (Å²) in [5, 5.41) is 26.9. The Hall–Kier alpha value is -2.21. The molecule has 0 saturated carbocycles. The van der Waals surface area contributed by atoms with Gasteiger partial charge in [0, 0.05) is 24.1 Å². The van der Waals surface area contributed by atoms with E-state index >= 15 is 0 Å².